The standard InChI is InChI=1S/C39H35N3O5S3/c1-47-39(46)33-30-20-9-4-10-21-32(30)50-38(33)42-37(45)34(25-13-5-2-6-14-25)49-29-18-11-17-27(23-29)40-36(44)31(24-28-19-12-22-48-28)41-35(43)26-15-7-3-8-16-26/h2-3,5-8,11-19,22-24,34H,4,9-10,20-21H2,1H3,(H,40,44)(H,41,43)(H,42,45)/b31-24-. The Morgan fingerprint density at radius 3 is 2.34 bits per heavy atom. The van der Waals surface area contributed by atoms with Crippen molar-refractivity contribution in [3.05, 3.63) is 140 Å². The third-order valence-corrected chi connectivity index (χ3v) is 11.4. The highest BCUT2D eigenvalue weighted by Gasteiger charge is 2.29. The molecule has 0 bridgehead atoms. The molecule has 6 rings (SSSR count). The minimum absolute atomic E-state index is 0.0941. The number of carbonyl (C=O) groups excluding carboxylic acids is 4. The Morgan fingerprint density at radius 2 is 1.60 bits per heavy atom. The zero-order chi connectivity index (χ0) is 34.9. The van der Waals surface area contributed by atoms with E-state index in [1.807, 2.05) is 60.0 Å². The van der Waals surface area contributed by atoms with Gasteiger partial charge in [-0.15, -0.1) is 34.4 Å². The Labute approximate surface area is 303 Å². The van der Waals surface area contributed by atoms with Gasteiger partial charge in [0.05, 0.1) is 12.7 Å². The van der Waals surface area contributed by atoms with Crippen LogP contribution in [0, 0.1) is 0 Å². The van der Waals surface area contributed by atoms with Crippen molar-refractivity contribution in [1.82, 2.24) is 5.32 Å². The largest absolute Gasteiger partial charge is 0.465 e. The number of amides is 3. The van der Waals surface area contributed by atoms with E-state index in [1.165, 1.54) is 41.5 Å². The first-order chi connectivity index (χ1) is 24.4. The van der Waals surface area contributed by atoms with Crippen LogP contribution in [-0.2, 0) is 27.2 Å². The van der Waals surface area contributed by atoms with Crippen molar-refractivity contribution in [2.75, 3.05) is 17.7 Å². The summed E-state index contributed by atoms with van der Waals surface area (Å²) in [5.74, 6) is -1.61. The normalized spacial score (nSPS) is 13.3. The van der Waals surface area contributed by atoms with Crippen molar-refractivity contribution in [2.24, 2.45) is 0 Å². The molecule has 1 aliphatic carbocycles. The number of esters is 1. The van der Waals surface area contributed by atoms with E-state index in [0.717, 1.165) is 57.9 Å². The number of methoxy groups -OCH3 is 1. The monoisotopic (exact) mass is 721 g/mol. The van der Waals surface area contributed by atoms with Gasteiger partial charge >= 0.3 is 5.97 Å². The average molecular weight is 722 g/mol. The second-order valence-electron chi connectivity index (χ2n) is 11.5. The molecule has 1 aliphatic rings. The predicted octanol–water partition coefficient (Wildman–Crippen LogP) is 8.75. The molecule has 1 atom stereocenters. The van der Waals surface area contributed by atoms with Crippen molar-refractivity contribution in [3.8, 4) is 0 Å². The highest BCUT2D eigenvalue weighted by molar-refractivity contribution is 8.00. The lowest BCUT2D eigenvalue weighted by Gasteiger charge is -2.18. The lowest BCUT2D eigenvalue weighted by molar-refractivity contribution is -0.116. The van der Waals surface area contributed by atoms with Gasteiger partial charge in [-0.3, -0.25) is 14.4 Å². The van der Waals surface area contributed by atoms with Crippen molar-refractivity contribution in [3.63, 3.8) is 0 Å². The van der Waals surface area contributed by atoms with Crippen molar-refractivity contribution in [2.45, 2.75) is 42.2 Å². The maximum absolute atomic E-state index is 14.1. The number of carbonyl (C=O) groups is 4. The molecule has 0 radical (unpaired) electrons. The number of ether oxygens (including phenoxy) is 1. The smallest absolute Gasteiger partial charge is 0.341 e. The molecule has 3 aromatic carbocycles. The molecule has 254 valence electrons. The van der Waals surface area contributed by atoms with E-state index in [1.54, 1.807) is 48.5 Å². The minimum Gasteiger partial charge on any atom is -0.465 e. The van der Waals surface area contributed by atoms with Crippen LogP contribution in [0.4, 0.5) is 10.7 Å². The fourth-order valence-electron chi connectivity index (χ4n) is 5.67. The van der Waals surface area contributed by atoms with Gasteiger partial charge in [0.1, 0.15) is 15.9 Å². The van der Waals surface area contributed by atoms with Gasteiger partial charge in [-0.1, -0.05) is 67.1 Å². The summed E-state index contributed by atoms with van der Waals surface area (Å²) in [7, 11) is 1.36. The Hall–Kier alpha value is -4.97. The van der Waals surface area contributed by atoms with Crippen LogP contribution >= 0.6 is 34.4 Å². The number of fused-ring (bicyclic) bond motifs is 1. The number of benzene rings is 3. The fraction of sp³-hybridized carbons (Fsp3) is 0.179. The number of anilines is 2. The Kier molecular flexibility index (Phi) is 11.6. The van der Waals surface area contributed by atoms with Crippen LogP contribution in [0.3, 0.4) is 0 Å². The molecule has 2 heterocycles. The van der Waals surface area contributed by atoms with Crippen LogP contribution in [0.2, 0.25) is 0 Å². The molecule has 50 heavy (non-hydrogen) atoms. The first-order valence-corrected chi connectivity index (χ1v) is 18.8. The second kappa shape index (κ2) is 16.6. The molecule has 0 fully saturated rings. The van der Waals surface area contributed by atoms with Crippen LogP contribution in [0.5, 0.6) is 0 Å². The molecular formula is C39H35N3O5S3. The molecule has 8 nitrogen and oxygen atoms in total. The lowest BCUT2D eigenvalue weighted by Crippen LogP contribution is -2.30. The van der Waals surface area contributed by atoms with E-state index < -0.39 is 23.0 Å². The average Bonchev–Trinajstić information content (AvgIpc) is 3.71. The molecule has 1 unspecified atom stereocenters. The highest BCUT2D eigenvalue weighted by Crippen LogP contribution is 2.41. The van der Waals surface area contributed by atoms with Gasteiger partial charge in [0, 0.05) is 25.9 Å². The number of thiophene rings is 2. The first-order valence-electron chi connectivity index (χ1n) is 16.2. The van der Waals surface area contributed by atoms with Crippen LogP contribution in [0.25, 0.3) is 6.08 Å². The molecule has 0 aliphatic heterocycles. The van der Waals surface area contributed by atoms with E-state index in [9.17, 15) is 19.2 Å². The number of rotatable bonds is 11. The van der Waals surface area contributed by atoms with Gasteiger partial charge < -0.3 is 20.7 Å². The van der Waals surface area contributed by atoms with E-state index in [-0.39, 0.29) is 11.6 Å². The molecular weight excluding hydrogens is 687 g/mol. The van der Waals surface area contributed by atoms with Crippen LogP contribution in [0.15, 0.2) is 113 Å². The molecule has 0 saturated carbocycles. The van der Waals surface area contributed by atoms with Crippen LogP contribution in [-0.4, -0.2) is 30.8 Å². The minimum atomic E-state index is -0.672. The SMILES string of the molecule is COC(=O)c1c(NC(=O)C(Sc2cccc(NC(=O)/C(=C/c3cccs3)NC(=O)c3ccccc3)c2)c2ccccc2)sc2c1CCCCC2. The molecule has 2 aromatic heterocycles. The summed E-state index contributed by atoms with van der Waals surface area (Å²) in [5, 5.41) is 10.5. The zero-order valence-electron chi connectivity index (χ0n) is 27.3. The van der Waals surface area contributed by atoms with Crippen molar-refractivity contribution < 1.29 is 23.9 Å². The second-order valence-corrected chi connectivity index (χ2v) is 14.8. The van der Waals surface area contributed by atoms with Gasteiger partial charge in [0.25, 0.3) is 11.8 Å². The van der Waals surface area contributed by atoms with Crippen LogP contribution < -0.4 is 16.0 Å². The third kappa shape index (κ3) is 8.60. The third-order valence-electron chi connectivity index (χ3n) is 8.09. The summed E-state index contributed by atoms with van der Waals surface area (Å²) in [6.45, 7) is 0. The predicted molar refractivity (Wildman–Crippen MR) is 202 cm³/mol. The highest BCUT2D eigenvalue weighted by atomic mass is 32.2. The maximum Gasteiger partial charge on any atom is 0.341 e. The maximum atomic E-state index is 14.1. The van der Waals surface area contributed by atoms with Crippen molar-refractivity contribution >= 4 is 74.9 Å². The number of aryl methyl sites for hydroxylation is 1. The summed E-state index contributed by atoms with van der Waals surface area (Å²) in [5.41, 5.74) is 3.24. The quantitative estimate of drug-likeness (QED) is 0.0544. The molecule has 0 spiro atoms. The first kappa shape index (κ1) is 34.9. The Bertz CT molecular complexity index is 2010. The van der Waals surface area contributed by atoms with E-state index >= 15 is 0 Å². The molecule has 5 aromatic rings. The molecule has 0 saturated heterocycles. The zero-order valence-corrected chi connectivity index (χ0v) is 29.7. The summed E-state index contributed by atoms with van der Waals surface area (Å²) < 4.78 is 5.15. The van der Waals surface area contributed by atoms with Gasteiger partial charge in [-0.2, -0.15) is 0 Å². The van der Waals surface area contributed by atoms with Gasteiger partial charge in [-0.25, -0.2) is 4.79 Å². The lowest BCUT2D eigenvalue weighted by atomic mass is 10.1. The number of hydrogen-bond acceptors (Lipinski definition) is 8. The fourth-order valence-corrected chi connectivity index (χ4v) is 8.69. The molecule has 3 amide bonds. The summed E-state index contributed by atoms with van der Waals surface area (Å²) in [6.07, 6.45) is 6.42. The van der Waals surface area contributed by atoms with Gasteiger partial charge in [0.15, 0.2) is 0 Å². The number of hydrogen-bond donors (Lipinski definition) is 3. The Balaban J connectivity index is 1.23. The topological polar surface area (TPSA) is 114 Å². The van der Waals surface area contributed by atoms with E-state index in [0.29, 0.717) is 21.8 Å². The van der Waals surface area contributed by atoms with Gasteiger partial charge in [0.2, 0.25) is 5.91 Å². The van der Waals surface area contributed by atoms with Crippen molar-refractivity contribution in [1.29, 1.82) is 0 Å². The Morgan fingerprint density at radius 1 is 0.840 bits per heavy atom. The van der Waals surface area contributed by atoms with E-state index in [2.05, 4.69) is 16.0 Å². The summed E-state index contributed by atoms with van der Waals surface area (Å²) in [6, 6.07) is 29.1. The van der Waals surface area contributed by atoms with E-state index in [4.69, 9.17) is 4.74 Å². The van der Waals surface area contributed by atoms with Crippen LogP contribution in [0.1, 0.15) is 66.1 Å². The number of nitrogens with one attached hydrogen (secondary N) is 3. The molecule has 3 N–H and O–H groups in total. The summed E-state index contributed by atoms with van der Waals surface area (Å²) in [4.78, 5) is 56.3. The van der Waals surface area contributed by atoms with Gasteiger partial charge in [-0.05, 0) is 84.7 Å². The summed E-state index contributed by atoms with van der Waals surface area (Å²) >= 11 is 4.24. The molecule has 11 heteroatoms. The number of thioether (sulfide) groups is 1.